The number of rotatable bonds is 2. The van der Waals surface area contributed by atoms with Crippen molar-refractivity contribution >= 4 is 11.0 Å². The Morgan fingerprint density at radius 1 is 1.29 bits per heavy atom. The molecule has 0 spiro atoms. The summed E-state index contributed by atoms with van der Waals surface area (Å²) in [5.74, 6) is 0.254. The zero-order chi connectivity index (χ0) is 12.8. The summed E-state index contributed by atoms with van der Waals surface area (Å²) in [5.41, 5.74) is 0.0494. The van der Waals surface area contributed by atoms with Crippen LogP contribution in [-0.2, 0) is 5.60 Å². The molecule has 1 aromatic heterocycles. The van der Waals surface area contributed by atoms with E-state index in [1.54, 1.807) is 32.0 Å². The average Bonchev–Trinajstić information content (AvgIpc) is 2.61. The van der Waals surface area contributed by atoms with Gasteiger partial charge in [-0.05, 0) is 37.5 Å². The fraction of sp³-hybridized carbons (Fsp3) is 0.429. The van der Waals surface area contributed by atoms with Crippen molar-refractivity contribution in [3.05, 3.63) is 35.3 Å². The van der Waals surface area contributed by atoms with Gasteiger partial charge >= 0.3 is 0 Å². The first kappa shape index (κ1) is 12.1. The van der Waals surface area contributed by atoms with Gasteiger partial charge in [0.25, 0.3) is 0 Å². The third-order valence-corrected chi connectivity index (χ3v) is 2.89. The van der Waals surface area contributed by atoms with Crippen LogP contribution < -0.4 is 0 Å². The summed E-state index contributed by atoms with van der Waals surface area (Å²) in [6.07, 6.45) is 0. The van der Waals surface area contributed by atoms with E-state index in [-0.39, 0.29) is 11.7 Å². The highest BCUT2D eigenvalue weighted by Gasteiger charge is 2.23. The van der Waals surface area contributed by atoms with Gasteiger partial charge in [0.05, 0.1) is 5.39 Å². The molecule has 1 N–H and O–H groups in total. The standard InChI is InChI=1S/C14H17FO2/c1-8(2)9-5-6-11-10(13(9)15)7-12(17-11)14(3,4)16/h5-8,16H,1-4H3. The van der Waals surface area contributed by atoms with Gasteiger partial charge in [-0.15, -0.1) is 0 Å². The van der Waals surface area contributed by atoms with Gasteiger partial charge in [0.2, 0.25) is 0 Å². The molecule has 17 heavy (non-hydrogen) atoms. The van der Waals surface area contributed by atoms with Gasteiger partial charge in [-0.3, -0.25) is 0 Å². The molecule has 0 bridgehead atoms. The Morgan fingerprint density at radius 2 is 1.94 bits per heavy atom. The van der Waals surface area contributed by atoms with Gasteiger partial charge in [-0.25, -0.2) is 4.39 Å². The number of hydrogen-bond acceptors (Lipinski definition) is 2. The van der Waals surface area contributed by atoms with E-state index in [1.165, 1.54) is 0 Å². The van der Waals surface area contributed by atoms with E-state index in [1.807, 2.05) is 13.8 Å². The predicted molar refractivity (Wildman–Crippen MR) is 65.5 cm³/mol. The van der Waals surface area contributed by atoms with Crippen LogP contribution in [0.5, 0.6) is 0 Å². The lowest BCUT2D eigenvalue weighted by molar-refractivity contribution is 0.0559. The molecule has 0 radical (unpaired) electrons. The maximum Gasteiger partial charge on any atom is 0.137 e. The molecule has 1 heterocycles. The number of halogens is 1. The molecule has 3 heteroatoms. The van der Waals surface area contributed by atoms with E-state index >= 15 is 0 Å². The van der Waals surface area contributed by atoms with Crippen LogP contribution in [0.4, 0.5) is 4.39 Å². The van der Waals surface area contributed by atoms with Crippen LogP contribution in [0.15, 0.2) is 22.6 Å². The van der Waals surface area contributed by atoms with Gasteiger partial charge in [-0.1, -0.05) is 19.9 Å². The van der Waals surface area contributed by atoms with Crippen molar-refractivity contribution < 1.29 is 13.9 Å². The Hall–Kier alpha value is -1.35. The van der Waals surface area contributed by atoms with Crippen LogP contribution in [0.2, 0.25) is 0 Å². The van der Waals surface area contributed by atoms with Gasteiger partial charge in [-0.2, -0.15) is 0 Å². The summed E-state index contributed by atoms with van der Waals surface area (Å²) in [6, 6.07) is 5.07. The summed E-state index contributed by atoms with van der Waals surface area (Å²) in [6.45, 7) is 7.13. The SMILES string of the molecule is CC(C)c1ccc2oc(C(C)(C)O)cc2c1F. The molecule has 0 unspecified atom stereocenters. The third kappa shape index (κ3) is 2.07. The first-order chi connectivity index (χ1) is 7.80. The van der Waals surface area contributed by atoms with Crippen LogP contribution in [0.3, 0.4) is 0 Å². The molecular weight excluding hydrogens is 219 g/mol. The van der Waals surface area contributed by atoms with Crippen molar-refractivity contribution in [1.29, 1.82) is 0 Å². The summed E-state index contributed by atoms with van der Waals surface area (Å²) >= 11 is 0. The summed E-state index contributed by atoms with van der Waals surface area (Å²) in [7, 11) is 0. The van der Waals surface area contributed by atoms with Gasteiger partial charge in [0.15, 0.2) is 0 Å². The lowest BCUT2D eigenvalue weighted by atomic mass is 10.0. The van der Waals surface area contributed by atoms with Crippen LogP contribution in [-0.4, -0.2) is 5.11 Å². The molecule has 0 amide bonds. The van der Waals surface area contributed by atoms with Gasteiger partial charge in [0.1, 0.15) is 22.8 Å². The van der Waals surface area contributed by atoms with Crippen molar-refractivity contribution in [2.45, 2.75) is 39.2 Å². The van der Waals surface area contributed by atoms with Gasteiger partial charge < -0.3 is 9.52 Å². The van der Waals surface area contributed by atoms with E-state index in [9.17, 15) is 9.50 Å². The van der Waals surface area contributed by atoms with Crippen molar-refractivity contribution in [2.75, 3.05) is 0 Å². The van der Waals surface area contributed by atoms with Crippen LogP contribution in [0, 0.1) is 5.82 Å². The molecule has 0 fully saturated rings. The monoisotopic (exact) mass is 236 g/mol. The third-order valence-electron chi connectivity index (χ3n) is 2.89. The fourth-order valence-electron chi connectivity index (χ4n) is 1.84. The Bertz CT molecular complexity index is 547. The smallest absolute Gasteiger partial charge is 0.137 e. The molecule has 0 saturated carbocycles. The summed E-state index contributed by atoms with van der Waals surface area (Å²) in [4.78, 5) is 0. The molecule has 0 aliphatic heterocycles. The zero-order valence-corrected chi connectivity index (χ0v) is 10.5. The second kappa shape index (κ2) is 3.84. The molecule has 2 rings (SSSR count). The Labute approximate surface area is 100 Å². The number of fused-ring (bicyclic) bond motifs is 1. The molecule has 2 aromatic rings. The van der Waals surface area contributed by atoms with Crippen LogP contribution >= 0.6 is 0 Å². The second-order valence-corrected chi connectivity index (χ2v) is 5.20. The second-order valence-electron chi connectivity index (χ2n) is 5.20. The van der Waals surface area contributed by atoms with Crippen molar-refractivity contribution in [3.63, 3.8) is 0 Å². The highest BCUT2D eigenvalue weighted by Crippen LogP contribution is 2.32. The van der Waals surface area contributed by atoms with Crippen LogP contribution in [0.25, 0.3) is 11.0 Å². The van der Waals surface area contributed by atoms with E-state index in [0.29, 0.717) is 22.3 Å². The summed E-state index contributed by atoms with van der Waals surface area (Å²) in [5, 5.41) is 10.3. The summed E-state index contributed by atoms with van der Waals surface area (Å²) < 4.78 is 19.6. The van der Waals surface area contributed by atoms with E-state index in [2.05, 4.69) is 0 Å². The number of hydrogen-bond donors (Lipinski definition) is 1. The minimum absolute atomic E-state index is 0.125. The van der Waals surface area contributed by atoms with Crippen LogP contribution in [0.1, 0.15) is 44.9 Å². The zero-order valence-electron chi connectivity index (χ0n) is 10.5. The largest absolute Gasteiger partial charge is 0.458 e. The minimum atomic E-state index is -1.09. The molecule has 0 atom stereocenters. The first-order valence-corrected chi connectivity index (χ1v) is 5.75. The molecule has 0 saturated heterocycles. The fourth-order valence-corrected chi connectivity index (χ4v) is 1.84. The minimum Gasteiger partial charge on any atom is -0.458 e. The molecule has 0 aliphatic carbocycles. The quantitative estimate of drug-likeness (QED) is 0.857. The number of furan rings is 1. The number of benzene rings is 1. The Kier molecular flexibility index (Phi) is 2.74. The van der Waals surface area contributed by atoms with E-state index in [0.717, 1.165) is 0 Å². The lowest BCUT2D eigenvalue weighted by Crippen LogP contribution is -2.13. The number of aliphatic hydroxyl groups is 1. The highest BCUT2D eigenvalue weighted by atomic mass is 19.1. The Balaban J connectivity index is 2.66. The Morgan fingerprint density at radius 3 is 2.47 bits per heavy atom. The van der Waals surface area contributed by atoms with E-state index < -0.39 is 5.60 Å². The molecule has 0 aliphatic rings. The molecule has 92 valence electrons. The van der Waals surface area contributed by atoms with E-state index in [4.69, 9.17) is 4.42 Å². The topological polar surface area (TPSA) is 33.4 Å². The maximum absolute atomic E-state index is 14.2. The predicted octanol–water partition coefficient (Wildman–Crippen LogP) is 3.92. The first-order valence-electron chi connectivity index (χ1n) is 5.75. The average molecular weight is 236 g/mol. The lowest BCUT2D eigenvalue weighted by Gasteiger charge is -2.12. The molecular formula is C14H17FO2. The van der Waals surface area contributed by atoms with Crippen molar-refractivity contribution in [1.82, 2.24) is 0 Å². The maximum atomic E-state index is 14.2. The molecule has 1 aromatic carbocycles. The highest BCUT2D eigenvalue weighted by molar-refractivity contribution is 5.80. The van der Waals surface area contributed by atoms with Crippen molar-refractivity contribution in [3.8, 4) is 0 Å². The van der Waals surface area contributed by atoms with Gasteiger partial charge in [0, 0.05) is 0 Å². The van der Waals surface area contributed by atoms with Crippen molar-refractivity contribution in [2.24, 2.45) is 0 Å². The normalized spacial score (nSPS) is 12.6. The molecule has 2 nitrogen and oxygen atoms in total.